The topological polar surface area (TPSA) is 58.3 Å². The Morgan fingerprint density at radius 1 is 1.37 bits per heavy atom. The first-order valence-electron chi connectivity index (χ1n) is 6.66. The van der Waals surface area contributed by atoms with E-state index < -0.39 is 0 Å². The van der Waals surface area contributed by atoms with Gasteiger partial charge in [-0.15, -0.1) is 0 Å². The van der Waals surface area contributed by atoms with Crippen LogP contribution in [-0.2, 0) is 0 Å². The van der Waals surface area contributed by atoms with Crippen LogP contribution in [0.15, 0.2) is 11.2 Å². The molecule has 5 nitrogen and oxygen atoms in total. The lowest BCUT2D eigenvalue weighted by atomic mass is 9.96. The molecule has 1 aromatic rings. The van der Waals surface area contributed by atoms with Crippen LogP contribution in [0.4, 0.5) is 11.6 Å². The normalized spacial score (nSPS) is 17.2. The van der Waals surface area contributed by atoms with E-state index in [1.54, 1.807) is 0 Å². The van der Waals surface area contributed by atoms with E-state index in [1.807, 2.05) is 12.3 Å². The summed E-state index contributed by atoms with van der Waals surface area (Å²) in [4.78, 5) is 13.3. The minimum Gasteiger partial charge on any atom is -0.383 e. The average molecular weight is 281 g/mol. The Kier molecular flexibility index (Phi) is 4.87. The molecule has 0 atom stereocenters. The molecular weight excluding hydrogens is 258 g/mol. The summed E-state index contributed by atoms with van der Waals surface area (Å²) in [5.41, 5.74) is 5.84. The Bertz CT molecular complexity index is 415. The monoisotopic (exact) mass is 281 g/mol. The summed E-state index contributed by atoms with van der Waals surface area (Å²) < 4.78 is 0. The average Bonchev–Trinajstić information content (AvgIpc) is 2.38. The van der Waals surface area contributed by atoms with Gasteiger partial charge >= 0.3 is 0 Å². The quantitative estimate of drug-likeness (QED) is 0.667. The Labute approximate surface area is 119 Å². The van der Waals surface area contributed by atoms with Crippen molar-refractivity contribution in [1.82, 2.24) is 14.9 Å². The van der Waals surface area contributed by atoms with Gasteiger partial charge in [0.25, 0.3) is 0 Å². The molecule has 0 spiro atoms. The van der Waals surface area contributed by atoms with Gasteiger partial charge in [0.15, 0.2) is 5.16 Å². The Morgan fingerprint density at radius 2 is 2.05 bits per heavy atom. The number of piperidine rings is 1. The number of hydrogen-bond acceptors (Lipinski definition) is 6. The molecule has 0 saturated carbocycles. The van der Waals surface area contributed by atoms with E-state index in [4.69, 9.17) is 5.73 Å². The second-order valence-electron chi connectivity index (χ2n) is 5.33. The molecule has 19 heavy (non-hydrogen) atoms. The van der Waals surface area contributed by atoms with Crippen molar-refractivity contribution in [3.63, 3.8) is 0 Å². The summed E-state index contributed by atoms with van der Waals surface area (Å²) in [7, 11) is 4.28. The first kappa shape index (κ1) is 14.4. The minimum absolute atomic E-state index is 0.560. The number of nitrogens with zero attached hydrogens (tertiary/aromatic N) is 4. The number of thioether (sulfide) groups is 1. The molecule has 1 aliphatic heterocycles. The Balaban J connectivity index is 1.99. The zero-order valence-corrected chi connectivity index (χ0v) is 12.8. The SMILES string of the molecule is CSc1nc(N)cc(N2CCC(CN(C)C)CC2)n1. The molecule has 1 aromatic heterocycles. The van der Waals surface area contributed by atoms with Gasteiger partial charge in [-0.1, -0.05) is 11.8 Å². The maximum Gasteiger partial charge on any atom is 0.191 e. The zero-order valence-electron chi connectivity index (χ0n) is 12.0. The fourth-order valence-electron chi connectivity index (χ4n) is 2.54. The van der Waals surface area contributed by atoms with Crippen LogP contribution >= 0.6 is 11.8 Å². The number of nitrogens with two attached hydrogens (primary N) is 1. The van der Waals surface area contributed by atoms with Crippen LogP contribution in [-0.4, -0.2) is 54.9 Å². The molecule has 0 amide bonds. The number of nitrogen functional groups attached to an aromatic ring is 1. The van der Waals surface area contributed by atoms with Crippen LogP contribution in [0.2, 0.25) is 0 Å². The van der Waals surface area contributed by atoms with Crippen molar-refractivity contribution in [3.05, 3.63) is 6.07 Å². The maximum atomic E-state index is 5.84. The highest BCUT2D eigenvalue weighted by atomic mass is 32.2. The fourth-order valence-corrected chi connectivity index (χ4v) is 2.93. The van der Waals surface area contributed by atoms with Crippen LogP contribution < -0.4 is 10.6 Å². The fraction of sp³-hybridized carbons (Fsp3) is 0.692. The van der Waals surface area contributed by atoms with E-state index in [0.29, 0.717) is 5.82 Å². The van der Waals surface area contributed by atoms with Gasteiger partial charge in [0.05, 0.1) is 0 Å². The minimum atomic E-state index is 0.560. The van der Waals surface area contributed by atoms with Crippen molar-refractivity contribution in [2.24, 2.45) is 5.92 Å². The molecule has 0 unspecified atom stereocenters. The highest BCUT2D eigenvalue weighted by Crippen LogP contribution is 2.24. The van der Waals surface area contributed by atoms with Crippen molar-refractivity contribution in [2.45, 2.75) is 18.0 Å². The van der Waals surface area contributed by atoms with E-state index in [0.717, 1.165) is 30.0 Å². The molecule has 0 aliphatic carbocycles. The van der Waals surface area contributed by atoms with Gasteiger partial charge in [0.1, 0.15) is 11.6 Å². The number of anilines is 2. The molecule has 0 radical (unpaired) electrons. The van der Waals surface area contributed by atoms with Crippen molar-refractivity contribution in [1.29, 1.82) is 0 Å². The molecule has 6 heteroatoms. The van der Waals surface area contributed by atoms with E-state index >= 15 is 0 Å². The highest BCUT2D eigenvalue weighted by Gasteiger charge is 2.21. The van der Waals surface area contributed by atoms with Gasteiger partial charge in [-0.25, -0.2) is 9.97 Å². The standard InChI is InChI=1S/C13H23N5S/c1-17(2)9-10-4-6-18(7-5-10)12-8-11(14)15-13(16-12)19-3/h8,10H,4-7,9H2,1-3H3,(H2,14,15,16). The van der Waals surface area contributed by atoms with Crippen LogP contribution in [0.1, 0.15) is 12.8 Å². The molecule has 106 valence electrons. The lowest BCUT2D eigenvalue weighted by Crippen LogP contribution is -2.37. The van der Waals surface area contributed by atoms with Crippen molar-refractivity contribution >= 4 is 23.4 Å². The Morgan fingerprint density at radius 3 is 2.63 bits per heavy atom. The molecule has 2 rings (SSSR count). The van der Waals surface area contributed by atoms with Crippen LogP contribution in [0.3, 0.4) is 0 Å². The zero-order chi connectivity index (χ0) is 13.8. The molecule has 2 N–H and O–H groups in total. The van der Waals surface area contributed by atoms with Crippen LogP contribution in [0, 0.1) is 5.92 Å². The summed E-state index contributed by atoms with van der Waals surface area (Å²) in [6, 6.07) is 1.88. The maximum absolute atomic E-state index is 5.84. The third-order valence-electron chi connectivity index (χ3n) is 3.46. The predicted octanol–water partition coefficient (Wildman–Crippen LogP) is 1.56. The van der Waals surface area contributed by atoms with Gasteiger partial charge < -0.3 is 15.5 Å². The first-order chi connectivity index (χ1) is 9.08. The van der Waals surface area contributed by atoms with E-state index in [1.165, 1.54) is 31.1 Å². The van der Waals surface area contributed by atoms with Crippen LogP contribution in [0.5, 0.6) is 0 Å². The highest BCUT2D eigenvalue weighted by molar-refractivity contribution is 7.98. The van der Waals surface area contributed by atoms with Crippen LogP contribution in [0.25, 0.3) is 0 Å². The first-order valence-corrected chi connectivity index (χ1v) is 7.89. The lowest BCUT2D eigenvalue weighted by molar-refractivity contribution is 0.284. The summed E-state index contributed by atoms with van der Waals surface area (Å²) in [5.74, 6) is 2.33. The van der Waals surface area contributed by atoms with Crippen molar-refractivity contribution < 1.29 is 0 Å². The molecule has 0 aromatic carbocycles. The van der Waals surface area contributed by atoms with Crippen molar-refractivity contribution in [3.8, 4) is 0 Å². The second kappa shape index (κ2) is 6.43. The molecule has 1 fully saturated rings. The predicted molar refractivity (Wildman–Crippen MR) is 81.7 cm³/mol. The largest absolute Gasteiger partial charge is 0.383 e. The summed E-state index contributed by atoms with van der Waals surface area (Å²) >= 11 is 1.53. The molecule has 0 bridgehead atoms. The lowest BCUT2D eigenvalue weighted by Gasteiger charge is -2.34. The Hall–Kier alpha value is -1.01. The smallest absolute Gasteiger partial charge is 0.191 e. The van der Waals surface area contributed by atoms with Gasteiger partial charge in [-0.05, 0) is 39.1 Å². The van der Waals surface area contributed by atoms with Gasteiger partial charge in [0.2, 0.25) is 0 Å². The number of rotatable bonds is 4. The molecule has 1 aliphatic rings. The summed E-state index contributed by atoms with van der Waals surface area (Å²) in [6.45, 7) is 3.29. The van der Waals surface area contributed by atoms with E-state index in [-0.39, 0.29) is 0 Å². The second-order valence-corrected chi connectivity index (χ2v) is 6.10. The van der Waals surface area contributed by atoms with Gasteiger partial charge in [0, 0.05) is 25.7 Å². The van der Waals surface area contributed by atoms with Gasteiger partial charge in [-0.2, -0.15) is 0 Å². The summed E-state index contributed by atoms with van der Waals surface area (Å²) in [5, 5.41) is 0.755. The van der Waals surface area contributed by atoms with E-state index in [9.17, 15) is 0 Å². The molecule has 1 saturated heterocycles. The van der Waals surface area contributed by atoms with Gasteiger partial charge in [-0.3, -0.25) is 0 Å². The third-order valence-corrected chi connectivity index (χ3v) is 4.00. The van der Waals surface area contributed by atoms with E-state index in [2.05, 4.69) is 33.9 Å². The number of aromatic nitrogens is 2. The molecule has 2 heterocycles. The molecular formula is C13H23N5S. The summed E-state index contributed by atoms with van der Waals surface area (Å²) in [6.07, 6.45) is 4.41. The number of hydrogen-bond donors (Lipinski definition) is 1. The third kappa shape index (κ3) is 3.98. The van der Waals surface area contributed by atoms with Crippen molar-refractivity contribution in [2.75, 3.05) is 50.6 Å².